The fourth-order valence-corrected chi connectivity index (χ4v) is 3.46. The van der Waals surface area contributed by atoms with E-state index in [9.17, 15) is 0 Å². The van der Waals surface area contributed by atoms with Gasteiger partial charge in [0.25, 0.3) is 0 Å². The Morgan fingerprint density at radius 1 is 0.920 bits per heavy atom. The summed E-state index contributed by atoms with van der Waals surface area (Å²) in [6.07, 6.45) is 7.71. The van der Waals surface area contributed by atoms with Crippen LogP contribution in [-0.2, 0) is 0 Å². The second-order valence-electron chi connectivity index (χ2n) is 6.71. The van der Waals surface area contributed by atoms with Gasteiger partial charge in [0.05, 0.1) is 0 Å². The number of aromatic nitrogens is 2. The number of nitrogens with zero attached hydrogens (tertiary/aromatic N) is 2. The average molecular weight is 340 g/mol. The third-order valence-corrected chi connectivity index (χ3v) is 4.69. The fraction of sp³-hybridized carbons (Fsp3) is 0.474. The first-order valence-corrected chi connectivity index (χ1v) is 9.05. The van der Waals surface area contributed by atoms with Crippen LogP contribution in [0, 0.1) is 6.92 Å². The van der Waals surface area contributed by atoms with Crippen LogP contribution >= 0.6 is 0 Å². The van der Waals surface area contributed by atoms with Crippen molar-refractivity contribution < 1.29 is 9.47 Å². The molecular formula is C19H24N4O2. The summed E-state index contributed by atoms with van der Waals surface area (Å²) in [5.41, 5.74) is 0.919. The first-order valence-electron chi connectivity index (χ1n) is 9.05. The summed E-state index contributed by atoms with van der Waals surface area (Å²) >= 11 is 0. The predicted molar refractivity (Wildman–Crippen MR) is 97.7 cm³/mol. The molecule has 2 heterocycles. The Labute approximate surface area is 148 Å². The Morgan fingerprint density at radius 2 is 1.68 bits per heavy atom. The van der Waals surface area contributed by atoms with Crippen LogP contribution in [-0.4, -0.2) is 22.8 Å². The van der Waals surface area contributed by atoms with Gasteiger partial charge in [0, 0.05) is 23.9 Å². The monoisotopic (exact) mass is 340 g/mol. The Hall–Kier alpha value is -2.50. The van der Waals surface area contributed by atoms with Gasteiger partial charge in [-0.3, -0.25) is 0 Å². The molecule has 0 amide bonds. The molecule has 132 valence electrons. The van der Waals surface area contributed by atoms with Gasteiger partial charge in [-0.15, -0.1) is 0 Å². The molecule has 1 saturated carbocycles. The van der Waals surface area contributed by atoms with Crippen LogP contribution < -0.4 is 20.1 Å². The van der Waals surface area contributed by atoms with Gasteiger partial charge in [-0.05, 0) is 31.9 Å². The number of nitrogens with one attached hydrogen (secondary N) is 2. The molecule has 1 aliphatic heterocycles. The predicted octanol–water partition coefficient (Wildman–Crippen LogP) is 4.39. The van der Waals surface area contributed by atoms with Crippen LogP contribution in [0.25, 0.3) is 0 Å². The molecule has 2 N–H and O–H groups in total. The smallest absolute Gasteiger partial charge is 0.231 e. The fourth-order valence-electron chi connectivity index (χ4n) is 3.46. The van der Waals surface area contributed by atoms with Gasteiger partial charge < -0.3 is 20.1 Å². The highest BCUT2D eigenvalue weighted by molar-refractivity contribution is 5.63. The van der Waals surface area contributed by atoms with Crippen molar-refractivity contribution in [2.45, 2.75) is 51.5 Å². The van der Waals surface area contributed by atoms with Crippen LogP contribution in [0.15, 0.2) is 24.3 Å². The maximum absolute atomic E-state index is 5.43. The lowest BCUT2D eigenvalue weighted by molar-refractivity contribution is 0.174. The average Bonchev–Trinajstić information content (AvgIpc) is 2.90. The Balaban J connectivity index is 1.49. The van der Waals surface area contributed by atoms with Crippen molar-refractivity contribution in [3.8, 4) is 11.5 Å². The Morgan fingerprint density at radius 3 is 2.52 bits per heavy atom. The van der Waals surface area contributed by atoms with Crippen molar-refractivity contribution in [3.05, 3.63) is 30.1 Å². The molecule has 2 aliphatic rings. The van der Waals surface area contributed by atoms with E-state index in [-0.39, 0.29) is 6.79 Å². The maximum atomic E-state index is 5.43. The van der Waals surface area contributed by atoms with Crippen LogP contribution in [0.3, 0.4) is 0 Å². The molecule has 0 spiro atoms. The molecule has 0 atom stereocenters. The van der Waals surface area contributed by atoms with E-state index in [1.807, 2.05) is 31.2 Å². The quantitative estimate of drug-likeness (QED) is 0.805. The van der Waals surface area contributed by atoms with Crippen molar-refractivity contribution in [2.24, 2.45) is 0 Å². The molecule has 2 aromatic rings. The molecule has 6 nitrogen and oxygen atoms in total. The highest BCUT2D eigenvalue weighted by Gasteiger charge is 2.15. The number of anilines is 3. The topological polar surface area (TPSA) is 68.3 Å². The second-order valence-corrected chi connectivity index (χ2v) is 6.71. The van der Waals surface area contributed by atoms with E-state index >= 15 is 0 Å². The molecule has 1 aromatic carbocycles. The zero-order valence-corrected chi connectivity index (χ0v) is 14.5. The molecule has 1 aromatic heterocycles. The standard InChI is InChI=1S/C19H24N4O2/c1-13-20-18(22-14-6-4-2-3-5-7-14)11-19(21-13)23-15-8-9-16-17(10-15)25-12-24-16/h8-11,14H,2-7,12H2,1H3,(H2,20,21,22,23). The van der Waals surface area contributed by atoms with Gasteiger partial charge >= 0.3 is 0 Å². The van der Waals surface area contributed by atoms with E-state index in [1.165, 1.54) is 38.5 Å². The molecular weight excluding hydrogens is 316 g/mol. The number of hydrogen-bond acceptors (Lipinski definition) is 6. The summed E-state index contributed by atoms with van der Waals surface area (Å²) in [5, 5.41) is 6.93. The zero-order chi connectivity index (χ0) is 17.1. The van der Waals surface area contributed by atoms with E-state index in [0.29, 0.717) is 6.04 Å². The molecule has 0 saturated heterocycles. The van der Waals surface area contributed by atoms with E-state index in [1.54, 1.807) is 0 Å². The van der Waals surface area contributed by atoms with Crippen LogP contribution in [0.2, 0.25) is 0 Å². The molecule has 1 aliphatic carbocycles. The minimum absolute atomic E-state index is 0.279. The Bertz CT molecular complexity index is 742. The second kappa shape index (κ2) is 7.17. The molecule has 0 radical (unpaired) electrons. The molecule has 4 rings (SSSR count). The lowest BCUT2D eigenvalue weighted by Crippen LogP contribution is -2.19. The largest absolute Gasteiger partial charge is 0.454 e. The van der Waals surface area contributed by atoms with E-state index in [0.717, 1.165) is 34.6 Å². The summed E-state index contributed by atoms with van der Waals surface area (Å²) in [4.78, 5) is 9.05. The van der Waals surface area contributed by atoms with Gasteiger partial charge in [0.2, 0.25) is 6.79 Å². The SMILES string of the molecule is Cc1nc(Nc2ccc3c(c2)OCO3)cc(NC2CCCCCC2)n1. The van der Waals surface area contributed by atoms with Crippen molar-refractivity contribution in [1.29, 1.82) is 0 Å². The summed E-state index contributed by atoms with van der Waals surface area (Å²) in [7, 11) is 0. The van der Waals surface area contributed by atoms with Crippen LogP contribution in [0.1, 0.15) is 44.3 Å². The maximum Gasteiger partial charge on any atom is 0.231 e. The molecule has 25 heavy (non-hydrogen) atoms. The number of aryl methyl sites for hydroxylation is 1. The van der Waals surface area contributed by atoms with Crippen molar-refractivity contribution >= 4 is 17.3 Å². The van der Waals surface area contributed by atoms with Gasteiger partial charge in [0.1, 0.15) is 17.5 Å². The summed E-state index contributed by atoms with van der Waals surface area (Å²) in [6.45, 7) is 2.20. The third-order valence-electron chi connectivity index (χ3n) is 4.69. The minimum Gasteiger partial charge on any atom is -0.454 e. The summed E-state index contributed by atoms with van der Waals surface area (Å²) in [6, 6.07) is 8.28. The summed E-state index contributed by atoms with van der Waals surface area (Å²) < 4.78 is 10.8. The van der Waals surface area contributed by atoms with Crippen molar-refractivity contribution in [1.82, 2.24) is 9.97 Å². The van der Waals surface area contributed by atoms with E-state index in [4.69, 9.17) is 9.47 Å². The van der Waals surface area contributed by atoms with Crippen LogP contribution in [0.4, 0.5) is 17.3 Å². The van der Waals surface area contributed by atoms with Crippen molar-refractivity contribution in [2.75, 3.05) is 17.4 Å². The van der Waals surface area contributed by atoms with E-state index in [2.05, 4.69) is 20.6 Å². The normalized spacial score (nSPS) is 17.2. The van der Waals surface area contributed by atoms with Gasteiger partial charge in [-0.25, -0.2) is 9.97 Å². The Kier molecular flexibility index (Phi) is 4.59. The summed E-state index contributed by atoms with van der Waals surface area (Å²) in [5.74, 6) is 3.96. The molecule has 0 unspecified atom stereocenters. The lowest BCUT2D eigenvalue weighted by Gasteiger charge is -2.18. The first-order chi connectivity index (χ1) is 12.3. The zero-order valence-electron chi connectivity index (χ0n) is 14.5. The van der Waals surface area contributed by atoms with Crippen molar-refractivity contribution in [3.63, 3.8) is 0 Å². The highest BCUT2D eigenvalue weighted by Crippen LogP contribution is 2.35. The third kappa shape index (κ3) is 3.95. The van der Waals surface area contributed by atoms with Gasteiger partial charge in [-0.1, -0.05) is 25.7 Å². The number of benzene rings is 1. The van der Waals surface area contributed by atoms with E-state index < -0.39 is 0 Å². The molecule has 1 fully saturated rings. The van der Waals surface area contributed by atoms with Gasteiger partial charge in [-0.2, -0.15) is 0 Å². The highest BCUT2D eigenvalue weighted by atomic mass is 16.7. The molecule has 6 heteroatoms. The number of ether oxygens (including phenoxy) is 2. The minimum atomic E-state index is 0.279. The molecule has 0 bridgehead atoms. The first kappa shape index (κ1) is 16.0. The number of fused-ring (bicyclic) bond motifs is 1. The van der Waals surface area contributed by atoms with Crippen LogP contribution in [0.5, 0.6) is 11.5 Å². The number of hydrogen-bond donors (Lipinski definition) is 2. The lowest BCUT2D eigenvalue weighted by atomic mass is 10.1. The number of rotatable bonds is 4. The van der Waals surface area contributed by atoms with Gasteiger partial charge in [0.15, 0.2) is 11.5 Å².